The second-order valence-electron chi connectivity index (χ2n) is 10.4. The number of aromatic nitrogens is 4. The highest BCUT2D eigenvalue weighted by atomic mass is 19.1. The zero-order valence-corrected chi connectivity index (χ0v) is 21.7. The topological polar surface area (TPSA) is 85.0 Å². The molecular weight excluding hydrogens is 495 g/mol. The Morgan fingerprint density at radius 1 is 0.949 bits per heavy atom. The Hall–Kier alpha value is -4.79. The largest absolute Gasteiger partial charge is 0.346 e. The lowest BCUT2D eigenvalue weighted by Crippen LogP contribution is -2.46. The monoisotopic (exact) mass is 522 g/mol. The minimum atomic E-state index is -0.897. The van der Waals surface area contributed by atoms with E-state index in [-0.39, 0.29) is 17.6 Å². The first-order valence-electron chi connectivity index (χ1n) is 12.7. The van der Waals surface area contributed by atoms with Crippen LogP contribution in [0.2, 0.25) is 0 Å². The van der Waals surface area contributed by atoms with Crippen LogP contribution in [-0.4, -0.2) is 37.4 Å². The zero-order valence-electron chi connectivity index (χ0n) is 21.7. The average molecular weight is 523 g/mol. The van der Waals surface area contributed by atoms with Gasteiger partial charge in [-0.05, 0) is 61.9 Å². The zero-order chi connectivity index (χ0) is 27.3. The van der Waals surface area contributed by atoms with E-state index in [2.05, 4.69) is 15.5 Å². The molecule has 1 fully saturated rings. The minimum Gasteiger partial charge on any atom is -0.346 e. The van der Waals surface area contributed by atoms with Gasteiger partial charge in [-0.1, -0.05) is 30.3 Å². The molecule has 0 saturated carbocycles. The first-order valence-corrected chi connectivity index (χ1v) is 12.7. The van der Waals surface area contributed by atoms with E-state index in [9.17, 15) is 14.0 Å². The summed E-state index contributed by atoms with van der Waals surface area (Å²) >= 11 is 0. The van der Waals surface area contributed by atoms with E-state index < -0.39 is 17.5 Å². The maximum Gasteiger partial charge on any atom is 0.254 e. The maximum absolute atomic E-state index is 14.0. The quantitative estimate of drug-likeness (QED) is 0.359. The van der Waals surface area contributed by atoms with Gasteiger partial charge in [-0.25, -0.2) is 9.07 Å². The molecule has 8 nitrogen and oxygen atoms in total. The molecule has 0 aliphatic carbocycles. The third-order valence-corrected chi connectivity index (χ3v) is 7.44. The van der Waals surface area contributed by atoms with Crippen LogP contribution in [0.15, 0.2) is 91.4 Å². The van der Waals surface area contributed by atoms with Crippen LogP contribution in [0.3, 0.4) is 0 Å². The molecule has 1 N–H and O–H groups in total. The number of carbonyl (C=O) groups excluding carboxylic acids is 2. The number of benzene rings is 3. The van der Waals surface area contributed by atoms with Gasteiger partial charge in [0.25, 0.3) is 5.91 Å². The summed E-state index contributed by atoms with van der Waals surface area (Å²) in [5, 5.41) is 12.6. The van der Waals surface area contributed by atoms with Gasteiger partial charge in [-0.15, -0.1) is 0 Å². The highest BCUT2D eigenvalue weighted by Gasteiger charge is 2.55. The molecular formula is C30H27FN6O2. The Labute approximate surface area is 224 Å². The average Bonchev–Trinajstić information content (AvgIpc) is 3.61. The molecule has 39 heavy (non-hydrogen) atoms. The van der Waals surface area contributed by atoms with Crippen LogP contribution in [-0.2, 0) is 11.8 Å². The summed E-state index contributed by atoms with van der Waals surface area (Å²) in [5.41, 5.74) is 2.71. The first kappa shape index (κ1) is 24.5. The number of amides is 2. The van der Waals surface area contributed by atoms with Gasteiger partial charge in [0.15, 0.2) is 0 Å². The van der Waals surface area contributed by atoms with Gasteiger partial charge in [-0.2, -0.15) is 10.2 Å². The number of hydrogen-bond donors (Lipinski definition) is 1. The predicted molar refractivity (Wildman–Crippen MR) is 146 cm³/mol. The fourth-order valence-corrected chi connectivity index (χ4v) is 5.36. The number of rotatable bonds is 5. The van der Waals surface area contributed by atoms with Crippen molar-refractivity contribution in [3.8, 4) is 5.69 Å². The van der Waals surface area contributed by atoms with Crippen molar-refractivity contribution in [2.75, 3.05) is 4.90 Å². The molecule has 1 aliphatic heterocycles. The molecule has 3 aromatic carbocycles. The second-order valence-corrected chi connectivity index (χ2v) is 10.4. The van der Waals surface area contributed by atoms with Gasteiger partial charge in [0.05, 0.1) is 46.7 Å². The van der Waals surface area contributed by atoms with E-state index in [4.69, 9.17) is 0 Å². The molecule has 0 radical (unpaired) electrons. The Morgan fingerprint density at radius 3 is 2.36 bits per heavy atom. The lowest BCUT2D eigenvalue weighted by Gasteiger charge is -2.30. The molecule has 0 unspecified atom stereocenters. The lowest BCUT2D eigenvalue weighted by molar-refractivity contribution is -0.124. The first-order chi connectivity index (χ1) is 18.7. The lowest BCUT2D eigenvalue weighted by atomic mass is 9.82. The van der Waals surface area contributed by atoms with E-state index in [1.807, 2.05) is 62.4 Å². The highest BCUT2D eigenvalue weighted by Crippen LogP contribution is 2.47. The standard InChI is InChI=1S/C30H27FN6O2/c1-30(2)27(34-28(38)21-17-32-35(3)18-21)26(19-7-5-4-6-8-19)36(29(30)39)24-13-14-25-20(15-24)16-33-37(25)23-11-9-22(31)10-12-23/h4-18,26-27H,1-3H3,(H,34,38)/t26-,27-/m1/s1. The van der Waals surface area contributed by atoms with Gasteiger partial charge < -0.3 is 10.2 Å². The molecule has 0 bridgehead atoms. The number of anilines is 1. The van der Waals surface area contributed by atoms with Crippen LogP contribution < -0.4 is 10.2 Å². The van der Waals surface area contributed by atoms with Gasteiger partial charge in [-0.3, -0.25) is 14.3 Å². The molecule has 2 aromatic heterocycles. The number of halogens is 1. The number of nitrogens with one attached hydrogen (secondary N) is 1. The number of hydrogen-bond acceptors (Lipinski definition) is 4. The Kier molecular flexibility index (Phi) is 5.79. The summed E-state index contributed by atoms with van der Waals surface area (Å²) in [6.45, 7) is 3.73. The molecule has 1 saturated heterocycles. The van der Waals surface area contributed by atoms with Crippen LogP contribution in [0.1, 0.15) is 35.8 Å². The van der Waals surface area contributed by atoms with Gasteiger partial charge in [0.2, 0.25) is 5.91 Å². The molecule has 0 spiro atoms. The fraction of sp³-hybridized carbons (Fsp3) is 0.200. The minimum absolute atomic E-state index is 0.0990. The Balaban J connectivity index is 1.42. The van der Waals surface area contributed by atoms with Crippen molar-refractivity contribution >= 4 is 28.4 Å². The van der Waals surface area contributed by atoms with Crippen LogP contribution in [0.4, 0.5) is 10.1 Å². The van der Waals surface area contributed by atoms with E-state index >= 15 is 0 Å². The molecule has 5 aromatic rings. The molecule has 3 heterocycles. The summed E-state index contributed by atoms with van der Waals surface area (Å²) in [5.74, 6) is -0.698. The molecule has 2 atom stereocenters. The van der Waals surface area contributed by atoms with E-state index in [0.29, 0.717) is 11.3 Å². The van der Waals surface area contributed by atoms with Crippen molar-refractivity contribution in [3.63, 3.8) is 0 Å². The van der Waals surface area contributed by atoms with Crippen LogP contribution in [0.5, 0.6) is 0 Å². The van der Waals surface area contributed by atoms with E-state index in [0.717, 1.165) is 22.2 Å². The molecule has 1 aliphatic rings. The number of carbonyl (C=O) groups is 2. The summed E-state index contributed by atoms with van der Waals surface area (Å²) in [6, 6.07) is 20.6. The Bertz CT molecular complexity index is 1690. The Morgan fingerprint density at radius 2 is 1.67 bits per heavy atom. The van der Waals surface area contributed by atoms with Crippen LogP contribution in [0.25, 0.3) is 16.6 Å². The van der Waals surface area contributed by atoms with Crippen LogP contribution >= 0.6 is 0 Å². The van der Waals surface area contributed by atoms with Gasteiger partial charge in [0, 0.05) is 24.3 Å². The van der Waals surface area contributed by atoms with E-state index in [1.165, 1.54) is 18.3 Å². The molecule has 9 heteroatoms. The summed E-state index contributed by atoms with van der Waals surface area (Å²) in [7, 11) is 1.75. The number of fused-ring (bicyclic) bond motifs is 1. The summed E-state index contributed by atoms with van der Waals surface area (Å²) in [4.78, 5) is 29.0. The van der Waals surface area contributed by atoms with Crippen molar-refractivity contribution in [2.24, 2.45) is 12.5 Å². The molecule has 2 amide bonds. The van der Waals surface area contributed by atoms with Crippen molar-refractivity contribution in [1.82, 2.24) is 24.9 Å². The second kappa shape index (κ2) is 9.20. The normalized spacial score (nSPS) is 18.6. The molecule has 6 rings (SSSR count). The smallest absolute Gasteiger partial charge is 0.254 e. The third-order valence-electron chi connectivity index (χ3n) is 7.44. The molecule has 196 valence electrons. The van der Waals surface area contributed by atoms with Crippen molar-refractivity contribution in [3.05, 3.63) is 108 Å². The highest BCUT2D eigenvalue weighted by molar-refractivity contribution is 6.04. The maximum atomic E-state index is 14.0. The third kappa shape index (κ3) is 4.16. The van der Waals surface area contributed by atoms with Crippen molar-refractivity contribution < 1.29 is 14.0 Å². The summed E-state index contributed by atoms with van der Waals surface area (Å²) < 4.78 is 16.8. The van der Waals surface area contributed by atoms with E-state index in [1.54, 1.807) is 45.8 Å². The predicted octanol–water partition coefficient (Wildman–Crippen LogP) is 4.81. The van der Waals surface area contributed by atoms with Gasteiger partial charge >= 0.3 is 0 Å². The SMILES string of the molecule is Cn1cc(C(=O)N[C@@H]2[C@@H](c3ccccc3)N(c3ccc4c(cnn4-c4ccc(F)cc4)c3)C(=O)C2(C)C)cn1. The van der Waals surface area contributed by atoms with Crippen molar-refractivity contribution in [1.29, 1.82) is 0 Å². The summed E-state index contributed by atoms with van der Waals surface area (Å²) in [6.07, 6.45) is 4.90. The fourth-order valence-electron chi connectivity index (χ4n) is 5.36. The van der Waals surface area contributed by atoms with Gasteiger partial charge in [0.1, 0.15) is 5.82 Å². The number of aryl methyl sites for hydroxylation is 1. The number of nitrogens with zero attached hydrogens (tertiary/aromatic N) is 5. The van der Waals surface area contributed by atoms with Crippen LogP contribution in [0, 0.1) is 11.2 Å². The van der Waals surface area contributed by atoms with Crippen molar-refractivity contribution in [2.45, 2.75) is 25.9 Å².